The normalized spacial score (nSPS) is 58.2. The summed E-state index contributed by atoms with van der Waals surface area (Å²) in [6.07, 6.45) is 9.60. The summed E-state index contributed by atoms with van der Waals surface area (Å²) in [6, 6.07) is 0. The molecule has 1 aliphatic heterocycles. The highest BCUT2D eigenvalue weighted by atomic mass is 16.6. The number of esters is 1. The van der Waals surface area contributed by atoms with E-state index < -0.39 is 0 Å². The van der Waals surface area contributed by atoms with Gasteiger partial charge in [0, 0.05) is 24.9 Å². The lowest BCUT2D eigenvalue weighted by molar-refractivity contribution is -0.144. The first-order valence-corrected chi connectivity index (χ1v) is 10.5. The summed E-state index contributed by atoms with van der Waals surface area (Å²) in [7, 11) is 1.94. The summed E-state index contributed by atoms with van der Waals surface area (Å²) in [6.45, 7) is 4.68. The fourth-order valence-corrected chi connectivity index (χ4v) is 8.75. The van der Waals surface area contributed by atoms with Crippen molar-refractivity contribution in [2.75, 3.05) is 7.11 Å². The van der Waals surface area contributed by atoms with Gasteiger partial charge in [0.1, 0.15) is 6.10 Å². The van der Waals surface area contributed by atoms with Crippen LogP contribution in [0.5, 0.6) is 0 Å². The lowest BCUT2D eigenvalue weighted by Gasteiger charge is -2.56. The Morgan fingerprint density at radius 2 is 2.08 bits per heavy atom. The van der Waals surface area contributed by atoms with E-state index >= 15 is 0 Å². The van der Waals surface area contributed by atoms with E-state index in [-0.39, 0.29) is 18.0 Å². The van der Waals surface area contributed by atoms with E-state index in [0.29, 0.717) is 28.8 Å². The Labute approximate surface area is 150 Å². The third kappa shape index (κ3) is 1.54. The Balaban J connectivity index is 1.41. The van der Waals surface area contributed by atoms with Gasteiger partial charge in [0.25, 0.3) is 0 Å². The second-order valence-electron chi connectivity index (χ2n) is 10.2. The van der Waals surface area contributed by atoms with E-state index in [2.05, 4.69) is 13.8 Å². The van der Waals surface area contributed by atoms with Crippen LogP contribution in [0.3, 0.4) is 0 Å². The van der Waals surface area contributed by atoms with E-state index in [0.717, 1.165) is 18.3 Å². The smallest absolute Gasteiger partial charge is 0.309 e. The number of carbonyl (C=O) groups excluding carboxylic acids is 1. The van der Waals surface area contributed by atoms with E-state index in [1.165, 1.54) is 38.5 Å². The number of hydrogen-bond donors (Lipinski definition) is 0. The molecule has 1 spiro atoms. The summed E-state index contributed by atoms with van der Waals surface area (Å²) in [5.41, 5.74) is 4.27. The molecule has 6 aliphatic rings. The second-order valence-corrected chi connectivity index (χ2v) is 10.2. The van der Waals surface area contributed by atoms with E-state index in [1.54, 1.807) is 11.1 Å². The summed E-state index contributed by atoms with van der Waals surface area (Å²) in [5.74, 6) is 2.92. The number of rotatable bonds is 1. The maximum absolute atomic E-state index is 12.0. The first-order valence-electron chi connectivity index (χ1n) is 10.5. The first-order chi connectivity index (χ1) is 12.0. The summed E-state index contributed by atoms with van der Waals surface area (Å²) in [4.78, 5) is 12.0. The van der Waals surface area contributed by atoms with Gasteiger partial charge in [0.15, 0.2) is 0 Å². The van der Waals surface area contributed by atoms with Crippen LogP contribution >= 0.6 is 0 Å². The van der Waals surface area contributed by atoms with Crippen molar-refractivity contribution in [3.05, 3.63) is 11.1 Å². The molecule has 9 atom stereocenters. The predicted molar refractivity (Wildman–Crippen MR) is 93.7 cm³/mol. The molecule has 3 heteroatoms. The lowest BCUT2D eigenvalue weighted by Crippen LogP contribution is -2.52. The van der Waals surface area contributed by atoms with E-state index in [4.69, 9.17) is 9.47 Å². The molecule has 4 fully saturated rings. The number of ether oxygens (including phenoxy) is 2. The molecule has 0 radical (unpaired) electrons. The van der Waals surface area contributed by atoms with Crippen LogP contribution in [0, 0.1) is 40.4 Å². The topological polar surface area (TPSA) is 35.5 Å². The Kier molecular flexibility index (Phi) is 2.76. The van der Waals surface area contributed by atoms with Gasteiger partial charge in [-0.3, -0.25) is 4.79 Å². The molecule has 3 saturated carbocycles. The van der Waals surface area contributed by atoms with Crippen molar-refractivity contribution in [3.63, 3.8) is 0 Å². The van der Waals surface area contributed by atoms with E-state index in [1.807, 2.05) is 7.11 Å². The molecule has 136 valence electrons. The van der Waals surface area contributed by atoms with Gasteiger partial charge in [-0.2, -0.15) is 0 Å². The molecule has 1 saturated heterocycles. The molecular weight excluding hydrogens is 312 g/mol. The third-order valence-electron chi connectivity index (χ3n) is 9.85. The average molecular weight is 342 g/mol. The van der Waals surface area contributed by atoms with Gasteiger partial charge in [-0.05, 0) is 61.7 Å². The standard InChI is InChI=1S/C22H30O3/c1-11-19-13-4-5-16-15(14(13)8-17(19)25-20(11)23)9-18(24-3)22-10-12(22)6-7-21(16,22)2/h11-12,15-19H,4-10H2,1-3H3/t11?,12-,15+,16+,17-,18-,19+,21-,22+/m1/s1. The van der Waals surface area contributed by atoms with Crippen molar-refractivity contribution >= 4 is 5.97 Å². The molecule has 25 heavy (non-hydrogen) atoms. The second kappa shape index (κ2) is 4.52. The van der Waals surface area contributed by atoms with Crippen LogP contribution in [0.2, 0.25) is 0 Å². The molecule has 0 aromatic heterocycles. The predicted octanol–water partition coefficient (Wildman–Crippen LogP) is 4.12. The van der Waals surface area contributed by atoms with Crippen LogP contribution in [0.25, 0.3) is 0 Å². The molecule has 5 aliphatic carbocycles. The summed E-state index contributed by atoms with van der Waals surface area (Å²) >= 11 is 0. The van der Waals surface area contributed by atoms with Gasteiger partial charge in [-0.15, -0.1) is 0 Å². The van der Waals surface area contributed by atoms with Gasteiger partial charge >= 0.3 is 5.97 Å². The number of fused-ring (bicyclic) bond motifs is 5. The van der Waals surface area contributed by atoms with Crippen molar-refractivity contribution in [2.45, 2.75) is 71.0 Å². The van der Waals surface area contributed by atoms with Crippen molar-refractivity contribution in [1.29, 1.82) is 0 Å². The Morgan fingerprint density at radius 1 is 1.24 bits per heavy atom. The Hall–Kier alpha value is -0.830. The maximum Gasteiger partial charge on any atom is 0.309 e. The molecule has 0 amide bonds. The minimum atomic E-state index is 0.0321. The minimum Gasteiger partial charge on any atom is -0.461 e. The number of methoxy groups -OCH3 is 1. The van der Waals surface area contributed by atoms with Gasteiger partial charge < -0.3 is 9.47 Å². The van der Waals surface area contributed by atoms with Crippen LogP contribution in [-0.2, 0) is 14.3 Å². The van der Waals surface area contributed by atoms with Crippen molar-refractivity contribution in [2.24, 2.45) is 40.4 Å². The summed E-state index contributed by atoms with van der Waals surface area (Å²) in [5, 5.41) is 0. The van der Waals surface area contributed by atoms with E-state index in [9.17, 15) is 4.79 Å². The Morgan fingerprint density at radius 3 is 2.84 bits per heavy atom. The van der Waals surface area contributed by atoms with Crippen molar-refractivity contribution in [3.8, 4) is 0 Å². The highest BCUT2D eigenvalue weighted by Gasteiger charge is 2.76. The van der Waals surface area contributed by atoms with Crippen LogP contribution in [-0.4, -0.2) is 25.3 Å². The SMILES string of the molecule is CO[C@@H]1C[C@H]2C3=C(CC[C@@H]2[C@@]2(C)CC[C@@H]4C[C@]412)[C@@H]1C(C)C(=O)O[C@@H]1C3. The minimum absolute atomic E-state index is 0.0321. The van der Waals surface area contributed by atoms with Crippen LogP contribution < -0.4 is 0 Å². The largest absolute Gasteiger partial charge is 0.461 e. The molecule has 0 N–H and O–H groups in total. The molecule has 6 rings (SSSR count). The van der Waals surface area contributed by atoms with Gasteiger partial charge in [-0.1, -0.05) is 25.0 Å². The monoisotopic (exact) mass is 342 g/mol. The van der Waals surface area contributed by atoms with Crippen molar-refractivity contribution < 1.29 is 14.3 Å². The van der Waals surface area contributed by atoms with Gasteiger partial charge in [-0.25, -0.2) is 0 Å². The summed E-state index contributed by atoms with van der Waals surface area (Å²) < 4.78 is 11.9. The van der Waals surface area contributed by atoms with Gasteiger partial charge in [0.2, 0.25) is 0 Å². The van der Waals surface area contributed by atoms with Crippen LogP contribution in [0.15, 0.2) is 11.1 Å². The highest BCUT2D eigenvalue weighted by Crippen LogP contribution is 2.81. The fourth-order valence-electron chi connectivity index (χ4n) is 8.75. The van der Waals surface area contributed by atoms with Crippen LogP contribution in [0.1, 0.15) is 58.8 Å². The zero-order valence-corrected chi connectivity index (χ0v) is 15.7. The lowest BCUT2D eigenvalue weighted by atomic mass is 9.50. The first kappa shape index (κ1) is 15.2. The average Bonchev–Trinajstić information content (AvgIpc) is 2.96. The third-order valence-corrected chi connectivity index (χ3v) is 9.85. The molecule has 0 aromatic carbocycles. The van der Waals surface area contributed by atoms with Crippen LogP contribution in [0.4, 0.5) is 0 Å². The highest BCUT2D eigenvalue weighted by molar-refractivity contribution is 5.76. The quantitative estimate of drug-likeness (QED) is 0.531. The maximum atomic E-state index is 12.0. The molecular formula is C22H30O3. The number of carbonyl (C=O) groups is 1. The number of hydrogen-bond acceptors (Lipinski definition) is 3. The van der Waals surface area contributed by atoms with Gasteiger partial charge in [0.05, 0.1) is 12.0 Å². The molecule has 0 bridgehead atoms. The molecule has 1 heterocycles. The zero-order valence-electron chi connectivity index (χ0n) is 15.7. The Bertz CT molecular complexity index is 695. The molecule has 1 unspecified atom stereocenters. The fraction of sp³-hybridized carbons (Fsp3) is 0.864. The molecule has 3 nitrogen and oxygen atoms in total. The zero-order chi connectivity index (χ0) is 17.1. The van der Waals surface area contributed by atoms with Crippen molar-refractivity contribution in [1.82, 2.24) is 0 Å². The molecule has 0 aromatic rings.